The maximum absolute atomic E-state index is 12.4. The highest BCUT2D eigenvalue weighted by Crippen LogP contribution is 2.22. The molecule has 3 N–H and O–H groups in total. The van der Waals surface area contributed by atoms with Gasteiger partial charge in [0.05, 0.1) is 0 Å². The first-order valence-electron chi connectivity index (χ1n) is 9.57. The normalized spacial score (nSPS) is 24.1. The fourth-order valence-electron chi connectivity index (χ4n) is 3.28. The third kappa shape index (κ3) is 6.57. The van der Waals surface area contributed by atoms with Gasteiger partial charge in [0, 0.05) is 6.54 Å². The average Bonchev–Trinajstić information content (AvgIpc) is 3.39. The van der Waals surface area contributed by atoms with Crippen molar-refractivity contribution >= 4 is 17.8 Å². The van der Waals surface area contributed by atoms with Crippen molar-refractivity contribution in [3.05, 3.63) is 0 Å². The van der Waals surface area contributed by atoms with Crippen LogP contribution in [-0.2, 0) is 19.1 Å². The van der Waals surface area contributed by atoms with Gasteiger partial charge in [0.15, 0.2) is 12.2 Å². The zero-order valence-electron chi connectivity index (χ0n) is 15.7. The van der Waals surface area contributed by atoms with Gasteiger partial charge in [-0.05, 0) is 51.2 Å². The summed E-state index contributed by atoms with van der Waals surface area (Å²) in [4.78, 5) is 37.7. The number of amides is 2. The number of aliphatic carboxylic acids is 1. The molecule has 148 valence electrons. The molecule has 2 amide bonds. The Bertz CT molecular complexity index is 505. The van der Waals surface area contributed by atoms with Crippen LogP contribution in [0, 0.1) is 5.92 Å². The molecule has 0 saturated carbocycles. The molecule has 0 bridgehead atoms. The van der Waals surface area contributed by atoms with Crippen LogP contribution in [0.4, 0.5) is 0 Å². The first-order valence-corrected chi connectivity index (χ1v) is 9.57. The summed E-state index contributed by atoms with van der Waals surface area (Å²) >= 11 is 0. The number of nitrogens with one attached hydrogen (secondary N) is 2. The van der Waals surface area contributed by atoms with E-state index in [2.05, 4.69) is 15.5 Å². The standard InChI is InChI=1S/C18H31N3O5/c1-12(2)11-13(20-17(23)14-15(26-14)18(24)25)16(22)19-7-6-10-21-8-4-3-5-9-21/h12-15H,3-11H2,1-2H3,(H,19,22)(H,20,23)(H,24,25)/t13?,14-,15-/m0/s1. The van der Waals surface area contributed by atoms with Crippen LogP contribution in [0.1, 0.15) is 46.0 Å². The van der Waals surface area contributed by atoms with Crippen molar-refractivity contribution in [2.45, 2.75) is 64.2 Å². The Balaban J connectivity index is 1.73. The topological polar surface area (TPSA) is 111 Å². The van der Waals surface area contributed by atoms with Gasteiger partial charge in [0.1, 0.15) is 6.04 Å². The highest BCUT2D eigenvalue weighted by Gasteiger charge is 2.51. The minimum Gasteiger partial charge on any atom is -0.479 e. The van der Waals surface area contributed by atoms with Crippen LogP contribution in [0.15, 0.2) is 0 Å². The van der Waals surface area contributed by atoms with E-state index in [-0.39, 0.29) is 11.8 Å². The summed E-state index contributed by atoms with van der Waals surface area (Å²) < 4.78 is 4.84. The van der Waals surface area contributed by atoms with Gasteiger partial charge in [-0.1, -0.05) is 20.3 Å². The zero-order chi connectivity index (χ0) is 19.1. The van der Waals surface area contributed by atoms with Crippen LogP contribution in [0.5, 0.6) is 0 Å². The number of carboxylic acids is 1. The summed E-state index contributed by atoms with van der Waals surface area (Å²) in [5.41, 5.74) is 0. The first kappa shape index (κ1) is 20.6. The monoisotopic (exact) mass is 369 g/mol. The molecule has 2 aliphatic heterocycles. The smallest absolute Gasteiger partial charge is 0.336 e. The molecular formula is C18H31N3O5. The zero-order valence-corrected chi connectivity index (χ0v) is 15.7. The number of carbonyl (C=O) groups excluding carboxylic acids is 2. The Labute approximate surface area is 154 Å². The van der Waals surface area contributed by atoms with E-state index in [1.807, 2.05) is 13.8 Å². The van der Waals surface area contributed by atoms with Crippen molar-refractivity contribution in [1.29, 1.82) is 0 Å². The fourth-order valence-corrected chi connectivity index (χ4v) is 3.28. The van der Waals surface area contributed by atoms with Gasteiger partial charge in [-0.2, -0.15) is 0 Å². The molecule has 0 aliphatic carbocycles. The van der Waals surface area contributed by atoms with Crippen molar-refractivity contribution in [3.8, 4) is 0 Å². The lowest BCUT2D eigenvalue weighted by Crippen LogP contribution is -2.49. The fraction of sp³-hybridized carbons (Fsp3) is 0.833. The van der Waals surface area contributed by atoms with E-state index >= 15 is 0 Å². The summed E-state index contributed by atoms with van der Waals surface area (Å²) in [6, 6.07) is -0.670. The number of nitrogens with zero attached hydrogens (tertiary/aromatic N) is 1. The quantitative estimate of drug-likeness (QED) is 0.379. The number of epoxide rings is 1. The summed E-state index contributed by atoms with van der Waals surface area (Å²) in [5, 5.41) is 14.3. The molecule has 0 aromatic carbocycles. The third-order valence-electron chi connectivity index (χ3n) is 4.73. The molecule has 0 aromatic rings. The molecule has 8 nitrogen and oxygen atoms in total. The largest absolute Gasteiger partial charge is 0.479 e. The number of carbonyl (C=O) groups is 3. The van der Waals surface area contributed by atoms with Gasteiger partial charge >= 0.3 is 5.97 Å². The molecule has 8 heteroatoms. The van der Waals surface area contributed by atoms with Crippen molar-refractivity contribution < 1.29 is 24.2 Å². The van der Waals surface area contributed by atoms with Gasteiger partial charge in [0.2, 0.25) is 5.91 Å². The molecule has 3 atom stereocenters. The molecule has 2 saturated heterocycles. The average molecular weight is 369 g/mol. The number of piperidine rings is 1. The van der Waals surface area contributed by atoms with E-state index in [0.717, 1.165) is 26.1 Å². The minimum absolute atomic E-state index is 0.217. The van der Waals surface area contributed by atoms with Crippen LogP contribution in [0.25, 0.3) is 0 Å². The minimum atomic E-state index is -1.16. The molecular weight excluding hydrogens is 338 g/mol. The highest BCUT2D eigenvalue weighted by atomic mass is 16.6. The summed E-state index contributed by atoms with van der Waals surface area (Å²) in [7, 11) is 0. The van der Waals surface area contributed by atoms with Crippen LogP contribution in [0.2, 0.25) is 0 Å². The molecule has 0 spiro atoms. The lowest BCUT2D eigenvalue weighted by Gasteiger charge is -2.26. The molecule has 0 radical (unpaired) electrons. The first-order chi connectivity index (χ1) is 12.4. The van der Waals surface area contributed by atoms with Crippen LogP contribution >= 0.6 is 0 Å². The number of rotatable bonds is 10. The maximum atomic E-state index is 12.4. The number of ether oxygens (including phenoxy) is 1. The number of carboxylic acid groups (broad SMARTS) is 1. The molecule has 26 heavy (non-hydrogen) atoms. The van der Waals surface area contributed by atoms with Crippen LogP contribution in [-0.4, -0.2) is 72.2 Å². The van der Waals surface area contributed by atoms with Crippen LogP contribution < -0.4 is 10.6 Å². The maximum Gasteiger partial charge on any atom is 0.336 e. The van der Waals surface area contributed by atoms with E-state index in [0.29, 0.717) is 13.0 Å². The van der Waals surface area contributed by atoms with E-state index in [1.54, 1.807) is 0 Å². The van der Waals surface area contributed by atoms with Crippen molar-refractivity contribution in [2.24, 2.45) is 5.92 Å². The second kappa shape index (κ2) is 9.87. The highest BCUT2D eigenvalue weighted by molar-refractivity contribution is 5.95. The number of hydrogen-bond acceptors (Lipinski definition) is 5. The molecule has 2 rings (SSSR count). The van der Waals surface area contributed by atoms with Gasteiger partial charge in [-0.15, -0.1) is 0 Å². The predicted molar refractivity (Wildman–Crippen MR) is 95.6 cm³/mol. The van der Waals surface area contributed by atoms with Crippen molar-refractivity contribution in [3.63, 3.8) is 0 Å². The Morgan fingerprint density at radius 2 is 1.85 bits per heavy atom. The molecule has 2 fully saturated rings. The summed E-state index contributed by atoms with van der Waals surface area (Å²) in [5.74, 6) is -1.70. The van der Waals surface area contributed by atoms with Gasteiger partial charge in [-0.25, -0.2) is 4.79 Å². The van der Waals surface area contributed by atoms with E-state index in [4.69, 9.17) is 9.84 Å². The molecule has 2 heterocycles. The Kier molecular flexibility index (Phi) is 7.84. The van der Waals surface area contributed by atoms with E-state index in [9.17, 15) is 14.4 Å². The predicted octanol–water partition coefficient (Wildman–Crippen LogP) is 0.362. The SMILES string of the molecule is CC(C)CC(NC(=O)[C@H]1O[C@@H]1C(=O)O)C(=O)NCCCN1CCCCC1. The third-order valence-corrected chi connectivity index (χ3v) is 4.73. The molecule has 2 aliphatic rings. The van der Waals surface area contributed by atoms with Gasteiger partial charge in [0.25, 0.3) is 5.91 Å². The summed E-state index contributed by atoms with van der Waals surface area (Å²) in [6.07, 6.45) is 3.08. The lowest BCUT2D eigenvalue weighted by molar-refractivity contribution is -0.138. The Hall–Kier alpha value is -1.67. The lowest BCUT2D eigenvalue weighted by atomic mass is 10.0. The van der Waals surface area contributed by atoms with E-state index < -0.39 is 30.1 Å². The van der Waals surface area contributed by atoms with Crippen LogP contribution in [0.3, 0.4) is 0 Å². The molecule has 0 aromatic heterocycles. The Morgan fingerprint density at radius 1 is 1.15 bits per heavy atom. The Morgan fingerprint density at radius 3 is 2.42 bits per heavy atom. The van der Waals surface area contributed by atoms with Crippen molar-refractivity contribution in [1.82, 2.24) is 15.5 Å². The van der Waals surface area contributed by atoms with Gasteiger partial charge < -0.3 is 25.4 Å². The molecule has 1 unspecified atom stereocenters. The number of hydrogen-bond donors (Lipinski definition) is 3. The second-order valence-corrected chi connectivity index (χ2v) is 7.55. The van der Waals surface area contributed by atoms with Gasteiger partial charge in [-0.3, -0.25) is 9.59 Å². The van der Waals surface area contributed by atoms with Crippen molar-refractivity contribution in [2.75, 3.05) is 26.2 Å². The van der Waals surface area contributed by atoms with E-state index in [1.165, 1.54) is 19.3 Å². The summed E-state index contributed by atoms with van der Waals surface area (Å²) in [6.45, 7) is 7.74. The number of likely N-dealkylation sites (tertiary alicyclic amines) is 1. The second-order valence-electron chi connectivity index (χ2n) is 7.55.